The Morgan fingerprint density at radius 1 is 1.54 bits per heavy atom. The fraction of sp³-hybridized carbons (Fsp3) is 0.364. The highest BCUT2D eigenvalue weighted by atomic mass is 15.0. The summed E-state index contributed by atoms with van der Waals surface area (Å²) in [5.74, 6) is 1.04. The van der Waals surface area contributed by atoms with Gasteiger partial charge in [-0.15, -0.1) is 0 Å². The van der Waals surface area contributed by atoms with Crippen LogP contribution in [-0.2, 0) is 0 Å². The van der Waals surface area contributed by atoms with E-state index in [2.05, 4.69) is 36.3 Å². The third-order valence-corrected chi connectivity index (χ3v) is 1.81. The summed E-state index contributed by atoms with van der Waals surface area (Å²) in [6.45, 7) is 4.93. The Morgan fingerprint density at radius 3 is 3.15 bits per heavy atom. The van der Waals surface area contributed by atoms with Crippen LogP contribution >= 0.6 is 0 Å². The van der Waals surface area contributed by atoms with Crippen LogP contribution in [0.15, 0.2) is 41.1 Å². The lowest BCUT2D eigenvalue weighted by Gasteiger charge is -2.03. The molecule has 0 radical (unpaired) electrons. The zero-order valence-corrected chi connectivity index (χ0v) is 8.25. The first-order chi connectivity index (χ1) is 6.33. The number of nitrogens with zero attached hydrogens (tertiary/aromatic N) is 1. The topological polar surface area (TPSA) is 24.4 Å². The molecular weight excluding hydrogens is 160 g/mol. The van der Waals surface area contributed by atoms with Gasteiger partial charge in [0.1, 0.15) is 5.84 Å². The minimum absolute atomic E-state index is 0.758. The van der Waals surface area contributed by atoms with Gasteiger partial charge in [0, 0.05) is 12.6 Å². The molecule has 0 bridgehead atoms. The predicted molar refractivity (Wildman–Crippen MR) is 57.8 cm³/mol. The van der Waals surface area contributed by atoms with E-state index in [9.17, 15) is 0 Å². The van der Waals surface area contributed by atoms with Gasteiger partial charge >= 0.3 is 0 Å². The maximum atomic E-state index is 4.37. The third kappa shape index (κ3) is 3.74. The Labute approximate surface area is 79.8 Å². The van der Waals surface area contributed by atoms with Crippen LogP contribution < -0.4 is 5.32 Å². The van der Waals surface area contributed by atoms with Crippen molar-refractivity contribution in [3.05, 3.63) is 36.1 Å². The smallest absolute Gasteiger partial charge is 0.100 e. The highest BCUT2D eigenvalue weighted by Gasteiger charge is 1.90. The lowest BCUT2D eigenvalue weighted by atomic mass is 10.2. The summed E-state index contributed by atoms with van der Waals surface area (Å²) in [4.78, 5) is 4.37. The first-order valence-corrected chi connectivity index (χ1v) is 4.62. The molecule has 0 aliphatic carbocycles. The summed E-state index contributed by atoms with van der Waals surface area (Å²) in [5, 5.41) is 3.16. The van der Waals surface area contributed by atoms with Crippen molar-refractivity contribution in [2.45, 2.75) is 20.3 Å². The quantitative estimate of drug-likeness (QED) is 0.652. The van der Waals surface area contributed by atoms with Gasteiger partial charge in [-0.25, -0.2) is 0 Å². The Morgan fingerprint density at radius 2 is 2.38 bits per heavy atom. The van der Waals surface area contributed by atoms with Gasteiger partial charge in [0.2, 0.25) is 0 Å². The molecule has 2 heteroatoms. The number of allylic oxidation sites excluding steroid dienone is 4. The lowest BCUT2D eigenvalue weighted by Crippen LogP contribution is -2.16. The standard InChI is InChI=1S/C11H16N2/c1-3-11-12-8-5-4-6-10(2)7-9-13-11/h4-7,9H,3,8H2,1-2H3,(H,12,13)/b5-4-,9-7-,10-6+. The second kappa shape index (κ2) is 5.36. The predicted octanol–water partition coefficient (Wildman–Crippen LogP) is 2.41. The molecule has 1 rings (SSSR count). The van der Waals surface area contributed by atoms with E-state index in [1.54, 1.807) is 0 Å². The number of nitrogens with one attached hydrogen (secondary N) is 1. The molecule has 13 heavy (non-hydrogen) atoms. The van der Waals surface area contributed by atoms with Gasteiger partial charge in [0.05, 0.1) is 6.54 Å². The largest absolute Gasteiger partial charge is 0.350 e. The molecule has 1 N–H and O–H groups in total. The molecule has 0 unspecified atom stereocenters. The Balaban J connectivity index is 2.71. The first kappa shape index (κ1) is 9.78. The summed E-state index contributed by atoms with van der Waals surface area (Å²) < 4.78 is 0. The highest BCUT2D eigenvalue weighted by molar-refractivity contribution is 5.82. The van der Waals surface area contributed by atoms with Crippen molar-refractivity contribution in [3.8, 4) is 0 Å². The molecule has 0 saturated carbocycles. The zero-order chi connectivity index (χ0) is 9.52. The molecule has 2 nitrogen and oxygen atoms in total. The summed E-state index contributed by atoms with van der Waals surface area (Å²) >= 11 is 0. The van der Waals surface area contributed by atoms with Crippen LogP contribution in [0.4, 0.5) is 0 Å². The van der Waals surface area contributed by atoms with Gasteiger partial charge in [-0.2, -0.15) is 0 Å². The molecule has 0 amide bonds. The molecule has 0 saturated heterocycles. The van der Waals surface area contributed by atoms with Crippen LogP contribution in [0.1, 0.15) is 20.3 Å². The van der Waals surface area contributed by atoms with E-state index in [1.807, 2.05) is 18.4 Å². The van der Waals surface area contributed by atoms with Crippen molar-refractivity contribution in [2.75, 3.05) is 6.54 Å². The van der Waals surface area contributed by atoms with E-state index in [4.69, 9.17) is 0 Å². The Bertz CT molecular complexity index is 270. The highest BCUT2D eigenvalue weighted by Crippen LogP contribution is 1.96. The molecule has 0 spiro atoms. The average molecular weight is 176 g/mol. The molecule has 70 valence electrons. The van der Waals surface area contributed by atoms with Crippen LogP contribution in [0.2, 0.25) is 0 Å². The minimum Gasteiger partial charge on any atom is -0.350 e. The van der Waals surface area contributed by atoms with Crippen molar-refractivity contribution in [1.82, 2.24) is 5.32 Å². The van der Waals surface area contributed by atoms with Crippen LogP contribution in [0.25, 0.3) is 0 Å². The second-order valence-corrected chi connectivity index (χ2v) is 2.96. The molecule has 0 aromatic carbocycles. The van der Waals surface area contributed by atoms with Gasteiger partial charge < -0.3 is 5.32 Å². The summed E-state index contributed by atoms with van der Waals surface area (Å²) in [7, 11) is 0. The van der Waals surface area contributed by atoms with E-state index >= 15 is 0 Å². The SMILES string of the molecule is CCC1=NC\C=C/C=C(C)/C=C\N1. The molecular formula is C11H16N2. The molecule has 0 aromatic heterocycles. The fourth-order valence-electron chi connectivity index (χ4n) is 1.03. The Kier molecular flexibility index (Phi) is 4.03. The van der Waals surface area contributed by atoms with E-state index in [1.165, 1.54) is 5.57 Å². The number of hydrogen-bond acceptors (Lipinski definition) is 2. The maximum absolute atomic E-state index is 4.37. The number of hydrogen-bond donors (Lipinski definition) is 1. The third-order valence-electron chi connectivity index (χ3n) is 1.81. The first-order valence-electron chi connectivity index (χ1n) is 4.62. The van der Waals surface area contributed by atoms with Crippen molar-refractivity contribution in [1.29, 1.82) is 0 Å². The summed E-state index contributed by atoms with van der Waals surface area (Å²) in [6.07, 6.45) is 11.1. The number of aliphatic imine (C=N–C) groups is 1. The van der Waals surface area contributed by atoms with Gasteiger partial charge in [-0.1, -0.05) is 25.2 Å². The Hall–Kier alpha value is -1.31. The van der Waals surface area contributed by atoms with Crippen LogP contribution in [0, 0.1) is 0 Å². The second-order valence-electron chi connectivity index (χ2n) is 2.96. The number of rotatable bonds is 1. The van der Waals surface area contributed by atoms with E-state index in [0.29, 0.717) is 0 Å². The van der Waals surface area contributed by atoms with Gasteiger partial charge in [-0.05, 0) is 18.6 Å². The van der Waals surface area contributed by atoms with Gasteiger partial charge in [0.15, 0.2) is 0 Å². The molecule has 1 aliphatic rings. The van der Waals surface area contributed by atoms with E-state index in [0.717, 1.165) is 18.8 Å². The van der Waals surface area contributed by atoms with Crippen LogP contribution in [0.5, 0.6) is 0 Å². The van der Waals surface area contributed by atoms with E-state index < -0.39 is 0 Å². The minimum atomic E-state index is 0.758. The molecule has 0 aromatic rings. The molecule has 0 fully saturated rings. The van der Waals surface area contributed by atoms with Gasteiger partial charge in [0.25, 0.3) is 0 Å². The summed E-state index contributed by atoms with van der Waals surface area (Å²) in [5.41, 5.74) is 1.24. The van der Waals surface area contributed by atoms with Crippen molar-refractivity contribution in [2.24, 2.45) is 4.99 Å². The van der Waals surface area contributed by atoms with E-state index in [-0.39, 0.29) is 0 Å². The van der Waals surface area contributed by atoms with Crippen molar-refractivity contribution in [3.63, 3.8) is 0 Å². The monoisotopic (exact) mass is 176 g/mol. The summed E-state index contributed by atoms with van der Waals surface area (Å²) in [6, 6.07) is 0. The zero-order valence-electron chi connectivity index (χ0n) is 8.25. The lowest BCUT2D eigenvalue weighted by molar-refractivity contribution is 1.08. The van der Waals surface area contributed by atoms with Gasteiger partial charge in [-0.3, -0.25) is 4.99 Å². The maximum Gasteiger partial charge on any atom is 0.100 e. The van der Waals surface area contributed by atoms with Crippen LogP contribution in [-0.4, -0.2) is 12.4 Å². The molecule has 0 atom stereocenters. The molecule has 1 aliphatic heterocycles. The van der Waals surface area contributed by atoms with Crippen LogP contribution in [0.3, 0.4) is 0 Å². The van der Waals surface area contributed by atoms with Crippen molar-refractivity contribution >= 4 is 5.84 Å². The normalized spacial score (nSPS) is 26.3. The molecule has 1 heterocycles. The van der Waals surface area contributed by atoms with Crippen molar-refractivity contribution < 1.29 is 0 Å². The number of amidine groups is 1. The average Bonchev–Trinajstić information content (AvgIpc) is 2.15. The fourth-order valence-corrected chi connectivity index (χ4v) is 1.03.